The Morgan fingerprint density at radius 1 is 1.29 bits per heavy atom. The number of benzene rings is 1. The molecule has 0 spiro atoms. The lowest BCUT2D eigenvalue weighted by molar-refractivity contribution is -0.124. The molecule has 0 fully saturated rings. The van der Waals surface area contributed by atoms with Gasteiger partial charge in [-0.25, -0.2) is 12.8 Å². The van der Waals surface area contributed by atoms with Gasteiger partial charge in [-0.3, -0.25) is 4.79 Å². The molecule has 1 amide bonds. The number of ether oxygens (including phenoxy) is 1. The molecule has 0 radical (unpaired) electrons. The second-order valence-corrected chi connectivity index (χ2v) is 7.80. The topological polar surface area (TPSA) is 92.7 Å². The molecule has 24 heavy (non-hydrogen) atoms. The van der Waals surface area contributed by atoms with E-state index in [9.17, 15) is 22.7 Å². The predicted octanol–water partition coefficient (Wildman–Crippen LogP) is 1.39. The van der Waals surface area contributed by atoms with E-state index in [1.165, 1.54) is 24.3 Å². The Balaban J connectivity index is 2.69. The first-order valence-electron chi connectivity index (χ1n) is 7.60. The molecule has 0 aliphatic heterocycles. The van der Waals surface area contributed by atoms with Crippen LogP contribution in [0.2, 0.25) is 0 Å². The average molecular weight is 361 g/mol. The Morgan fingerprint density at radius 3 is 2.33 bits per heavy atom. The third kappa shape index (κ3) is 6.54. The van der Waals surface area contributed by atoms with Crippen LogP contribution in [0.15, 0.2) is 29.2 Å². The number of aliphatic hydroxyl groups is 1. The van der Waals surface area contributed by atoms with Gasteiger partial charge in [0.25, 0.3) is 0 Å². The summed E-state index contributed by atoms with van der Waals surface area (Å²) in [7, 11) is -3.35. The van der Waals surface area contributed by atoms with Crippen molar-refractivity contribution < 1.29 is 27.4 Å². The van der Waals surface area contributed by atoms with Crippen molar-refractivity contribution in [3.8, 4) is 0 Å². The zero-order chi connectivity index (χ0) is 18.3. The lowest BCUT2D eigenvalue weighted by Gasteiger charge is -2.22. The highest BCUT2D eigenvalue weighted by atomic mass is 32.2. The molecule has 0 unspecified atom stereocenters. The molecule has 1 rings (SSSR count). The maximum Gasteiger partial charge on any atom is 0.222 e. The van der Waals surface area contributed by atoms with Gasteiger partial charge in [0.15, 0.2) is 9.84 Å². The minimum absolute atomic E-state index is 0.00581. The summed E-state index contributed by atoms with van der Waals surface area (Å²) in [5, 5.41) is 12.6. The summed E-state index contributed by atoms with van der Waals surface area (Å²) >= 11 is 0. The van der Waals surface area contributed by atoms with Crippen molar-refractivity contribution in [2.45, 2.75) is 43.4 Å². The van der Waals surface area contributed by atoms with Crippen molar-refractivity contribution in [1.82, 2.24) is 5.32 Å². The van der Waals surface area contributed by atoms with E-state index in [0.717, 1.165) is 6.26 Å². The highest BCUT2D eigenvalue weighted by Gasteiger charge is 2.23. The molecule has 136 valence electrons. The number of hydrogen-bond donors (Lipinski definition) is 2. The van der Waals surface area contributed by atoms with E-state index >= 15 is 0 Å². The molecule has 2 N–H and O–H groups in total. The molecule has 2 atom stereocenters. The predicted molar refractivity (Wildman–Crippen MR) is 88.1 cm³/mol. The molecule has 0 saturated carbocycles. The van der Waals surface area contributed by atoms with Crippen LogP contribution in [0.25, 0.3) is 0 Å². The first-order chi connectivity index (χ1) is 11.1. The van der Waals surface area contributed by atoms with E-state index in [4.69, 9.17) is 4.74 Å². The van der Waals surface area contributed by atoms with E-state index in [1.54, 1.807) is 0 Å². The van der Waals surface area contributed by atoms with Crippen molar-refractivity contribution in [2.24, 2.45) is 0 Å². The zero-order valence-electron chi connectivity index (χ0n) is 14.0. The highest BCUT2D eigenvalue weighted by molar-refractivity contribution is 7.90. The van der Waals surface area contributed by atoms with Gasteiger partial charge in [-0.15, -0.1) is 0 Å². The lowest BCUT2D eigenvalue weighted by atomic mass is 10.0. The minimum Gasteiger partial charge on any atom is -0.386 e. The maximum absolute atomic E-state index is 13.2. The summed E-state index contributed by atoms with van der Waals surface area (Å²) < 4.78 is 41.2. The van der Waals surface area contributed by atoms with E-state index in [1.807, 2.05) is 13.8 Å². The summed E-state index contributed by atoms with van der Waals surface area (Å²) in [5.74, 6) is -0.426. The van der Waals surface area contributed by atoms with Gasteiger partial charge in [0.2, 0.25) is 5.91 Å². The Hall–Kier alpha value is -1.51. The SMILES string of the molecule is CC(C)OCCC(=O)N[C@H](CF)[C@@H](O)c1ccc(S(C)(=O)=O)cc1. The largest absolute Gasteiger partial charge is 0.386 e. The van der Waals surface area contributed by atoms with Crippen molar-refractivity contribution in [1.29, 1.82) is 0 Å². The summed E-state index contributed by atoms with van der Waals surface area (Å²) in [5.41, 5.74) is 0.323. The molecule has 1 aromatic carbocycles. The number of amides is 1. The van der Waals surface area contributed by atoms with Gasteiger partial charge < -0.3 is 15.2 Å². The zero-order valence-corrected chi connectivity index (χ0v) is 14.8. The number of carbonyl (C=O) groups is 1. The van der Waals surface area contributed by atoms with E-state index in [0.29, 0.717) is 5.56 Å². The molecule has 1 aromatic rings. The minimum atomic E-state index is -3.35. The first kappa shape index (κ1) is 20.5. The molecule has 0 aliphatic carbocycles. The van der Waals surface area contributed by atoms with Crippen molar-refractivity contribution in [3.63, 3.8) is 0 Å². The van der Waals surface area contributed by atoms with Gasteiger partial charge in [-0.05, 0) is 31.5 Å². The van der Waals surface area contributed by atoms with E-state index < -0.39 is 34.6 Å². The second-order valence-electron chi connectivity index (χ2n) is 5.78. The lowest BCUT2D eigenvalue weighted by Crippen LogP contribution is -2.41. The molecule has 0 saturated heterocycles. The number of hydrogen-bond acceptors (Lipinski definition) is 5. The van der Waals surface area contributed by atoms with Crippen molar-refractivity contribution in [3.05, 3.63) is 29.8 Å². The number of carbonyl (C=O) groups excluding carboxylic acids is 1. The fraction of sp³-hybridized carbons (Fsp3) is 0.562. The number of sulfone groups is 1. The van der Waals surface area contributed by atoms with Crippen LogP contribution >= 0.6 is 0 Å². The highest BCUT2D eigenvalue weighted by Crippen LogP contribution is 2.20. The smallest absolute Gasteiger partial charge is 0.222 e. The van der Waals surface area contributed by atoms with Gasteiger partial charge in [0, 0.05) is 12.7 Å². The monoisotopic (exact) mass is 361 g/mol. The molecule has 0 aliphatic rings. The van der Waals surface area contributed by atoms with Crippen molar-refractivity contribution in [2.75, 3.05) is 19.5 Å². The Bertz CT molecular complexity index is 630. The van der Waals surface area contributed by atoms with Crippen LogP contribution in [0, 0.1) is 0 Å². The number of rotatable bonds is 9. The Morgan fingerprint density at radius 2 is 1.88 bits per heavy atom. The maximum atomic E-state index is 13.2. The van der Waals surface area contributed by atoms with Gasteiger partial charge in [-0.2, -0.15) is 0 Å². The van der Waals surface area contributed by atoms with Crippen LogP contribution in [0.4, 0.5) is 4.39 Å². The number of aliphatic hydroxyl groups excluding tert-OH is 1. The van der Waals surface area contributed by atoms with Gasteiger partial charge in [0.1, 0.15) is 12.8 Å². The van der Waals surface area contributed by atoms with Gasteiger partial charge >= 0.3 is 0 Å². The summed E-state index contributed by atoms with van der Waals surface area (Å²) in [6.07, 6.45) is -0.149. The van der Waals surface area contributed by atoms with Gasteiger partial charge in [-0.1, -0.05) is 12.1 Å². The van der Waals surface area contributed by atoms with Crippen LogP contribution in [0.5, 0.6) is 0 Å². The number of halogens is 1. The van der Waals surface area contributed by atoms with Crippen LogP contribution in [-0.2, 0) is 19.4 Å². The fourth-order valence-corrected chi connectivity index (χ4v) is 2.64. The third-order valence-corrected chi connectivity index (χ3v) is 4.45. The van der Waals surface area contributed by atoms with Crippen LogP contribution in [-0.4, -0.2) is 51.1 Å². The average Bonchev–Trinajstić information content (AvgIpc) is 2.51. The van der Waals surface area contributed by atoms with Crippen LogP contribution in [0.3, 0.4) is 0 Å². The molecule has 0 heterocycles. The van der Waals surface area contributed by atoms with Crippen LogP contribution in [0.1, 0.15) is 31.9 Å². The van der Waals surface area contributed by atoms with E-state index in [2.05, 4.69) is 5.32 Å². The molecular weight excluding hydrogens is 337 g/mol. The first-order valence-corrected chi connectivity index (χ1v) is 9.49. The number of alkyl halides is 1. The summed E-state index contributed by atoms with van der Waals surface area (Å²) in [4.78, 5) is 11.9. The molecule has 0 bridgehead atoms. The quantitative estimate of drug-likeness (QED) is 0.693. The van der Waals surface area contributed by atoms with Crippen molar-refractivity contribution >= 4 is 15.7 Å². The van der Waals surface area contributed by atoms with E-state index in [-0.39, 0.29) is 24.0 Å². The summed E-state index contributed by atoms with van der Waals surface area (Å²) in [6, 6.07) is 4.36. The standard InChI is InChI=1S/C16H24FNO5S/c1-11(2)23-9-8-15(19)18-14(10-17)16(20)12-4-6-13(7-5-12)24(3,21)22/h4-7,11,14,16,20H,8-10H2,1-3H3,(H,18,19)/t14-,16+/m1/s1. The normalized spacial score (nSPS) is 14.4. The van der Waals surface area contributed by atoms with Crippen LogP contribution < -0.4 is 5.32 Å². The fourth-order valence-electron chi connectivity index (χ4n) is 2.01. The Labute approximate surface area is 141 Å². The Kier molecular flexibility index (Phi) is 7.78. The third-order valence-electron chi connectivity index (χ3n) is 3.32. The number of nitrogens with one attached hydrogen (secondary N) is 1. The van der Waals surface area contributed by atoms with Gasteiger partial charge in [0.05, 0.1) is 23.6 Å². The summed E-state index contributed by atoms with van der Waals surface area (Å²) in [6.45, 7) is 2.94. The molecular formula is C16H24FNO5S. The molecule has 0 aromatic heterocycles. The second kappa shape index (κ2) is 9.10. The molecule has 8 heteroatoms. The molecule has 6 nitrogen and oxygen atoms in total.